The van der Waals surface area contributed by atoms with Gasteiger partial charge in [-0.05, 0) is 24.8 Å². The first-order valence-electron chi connectivity index (χ1n) is 9.13. The smallest absolute Gasteiger partial charge is 0.320 e. The van der Waals surface area contributed by atoms with Crippen molar-refractivity contribution in [3.8, 4) is 0 Å². The van der Waals surface area contributed by atoms with Crippen LogP contribution in [0.1, 0.15) is 24.8 Å². The first kappa shape index (κ1) is 17.7. The van der Waals surface area contributed by atoms with Gasteiger partial charge in [0.2, 0.25) is 5.91 Å². The molecule has 0 spiro atoms. The highest BCUT2D eigenvalue weighted by atomic mass is 16.2. The molecule has 2 fully saturated rings. The van der Waals surface area contributed by atoms with Crippen molar-refractivity contribution in [3.63, 3.8) is 0 Å². The SMILES string of the molecule is CN(Cc1ccccc1)C(=O)N1CCC(C(=O)N2CC[C@@H](N)C2)CC1. The molecular weight excluding hydrogens is 316 g/mol. The summed E-state index contributed by atoms with van der Waals surface area (Å²) in [6, 6.07) is 10.1. The zero-order chi connectivity index (χ0) is 17.8. The summed E-state index contributed by atoms with van der Waals surface area (Å²) >= 11 is 0. The lowest BCUT2D eigenvalue weighted by Crippen LogP contribution is -2.47. The largest absolute Gasteiger partial charge is 0.341 e. The van der Waals surface area contributed by atoms with Crippen LogP contribution in [0.25, 0.3) is 0 Å². The summed E-state index contributed by atoms with van der Waals surface area (Å²) in [5, 5.41) is 0. The van der Waals surface area contributed by atoms with Crippen molar-refractivity contribution >= 4 is 11.9 Å². The fourth-order valence-electron chi connectivity index (χ4n) is 3.73. The predicted octanol–water partition coefficient (Wildman–Crippen LogP) is 1.51. The van der Waals surface area contributed by atoms with Gasteiger partial charge in [-0.1, -0.05) is 30.3 Å². The molecule has 2 heterocycles. The van der Waals surface area contributed by atoms with Crippen molar-refractivity contribution in [1.82, 2.24) is 14.7 Å². The number of amides is 3. The van der Waals surface area contributed by atoms with Crippen LogP contribution in [0, 0.1) is 5.92 Å². The van der Waals surface area contributed by atoms with Gasteiger partial charge in [0.1, 0.15) is 0 Å². The molecule has 2 saturated heterocycles. The minimum Gasteiger partial charge on any atom is -0.341 e. The number of piperidine rings is 1. The highest BCUT2D eigenvalue weighted by Gasteiger charge is 2.33. The number of nitrogens with zero attached hydrogens (tertiary/aromatic N) is 3. The monoisotopic (exact) mass is 344 g/mol. The average Bonchev–Trinajstić information content (AvgIpc) is 3.08. The maximum absolute atomic E-state index is 12.6. The summed E-state index contributed by atoms with van der Waals surface area (Å²) in [6.07, 6.45) is 2.39. The molecule has 2 N–H and O–H groups in total. The highest BCUT2D eigenvalue weighted by molar-refractivity contribution is 5.80. The molecule has 136 valence electrons. The van der Waals surface area contributed by atoms with E-state index in [2.05, 4.69) is 0 Å². The Morgan fingerprint density at radius 1 is 1.08 bits per heavy atom. The summed E-state index contributed by atoms with van der Waals surface area (Å²) in [7, 11) is 1.83. The molecule has 1 aromatic rings. The van der Waals surface area contributed by atoms with Gasteiger partial charge in [-0.15, -0.1) is 0 Å². The molecular formula is C19H28N4O2. The van der Waals surface area contributed by atoms with Crippen LogP contribution in [0.5, 0.6) is 0 Å². The van der Waals surface area contributed by atoms with Crippen molar-refractivity contribution in [3.05, 3.63) is 35.9 Å². The third kappa shape index (κ3) is 4.31. The Labute approximate surface area is 149 Å². The average molecular weight is 344 g/mol. The molecule has 2 aliphatic heterocycles. The van der Waals surface area contributed by atoms with Crippen LogP contribution < -0.4 is 5.73 Å². The number of hydrogen-bond acceptors (Lipinski definition) is 3. The normalized spacial score (nSPS) is 21.4. The van der Waals surface area contributed by atoms with Gasteiger partial charge in [0.05, 0.1) is 0 Å². The number of rotatable bonds is 3. The Balaban J connectivity index is 1.48. The molecule has 0 aromatic heterocycles. The van der Waals surface area contributed by atoms with Gasteiger partial charge in [-0.3, -0.25) is 4.79 Å². The van der Waals surface area contributed by atoms with Crippen molar-refractivity contribution in [1.29, 1.82) is 0 Å². The maximum atomic E-state index is 12.6. The third-order valence-corrected chi connectivity index (χ3v) is 5.24. The van der Waals surface area contributed by atoms with Crippen LogP contribution in [0.3, 0.4) is 0 Å². The van der Waals surface area contributed by atoms with E-state index in [1.54, 1.807) is 4.90 Å². The molecule has 0 unspecified atom stereocenters. The molecule has 6 nitrogen and oxygen atoms in total. The zero-order valence-electron chi connectivity index (χ0n) is 14.9. The predicted molar refractivity (Wildman–Crippen MR) is 96.8 cm³/mol. The number of nitrogens with two attached hydrogens (primary N) is 1. The van der Waals surface area contributed by atoms with Gasteiger partial charge in [0.25, 0.3) is 0 Å². The van der Waals surface area contributed by atoms with Gasteiger partial charge >= 0.3 is 6.03 Å². The summed E-state index contributed by atoms with van der Waals surface area (Å²) < 4.78 is 0. The van der Waals surface area contributed by atoms with E-state index in [9.17, 15) is 9.59 Å². The fraction of sp³-hybridized carbons (Fsp3) is 0.579. The number of hydrogen-bond donors (Lipinski definition) is 1. The summed E-state index contributed by atoms with van der Waals surface area (Å²) in [4.78, 5) is 30.7. The van der Waals surface area contributed by atoms with E-state index in [-0.39, 0.29) is 23.9 Å². The van der Waals surface area contributed by atoms with E-state index in [4.69, 9.17) is 5.73 Å². The van der Waals surface area contributed by atoms with Gasteiger partial charge in [-0.2, -0.15) is 0 Å². The first-order chi connectivity index (χ1) is 12.0. The number of carbonyl (C=O) groups is 2. The van der Waals surface area contributed by atoms with E-state index < -0.39 is 0 Å². The lowest BCUT2D eigenvalue weighted by molar-refractivity contribution is -0.135. The Hall–Kier alpha value is -2.08. The van der Waals surface area contributed by atoms with E-state index in [1.807, 2.05) is 47.2 Å². The molecule has 1 aromatic carbocycles. The fourth-order valence-corrected chi connectivity index (χ4v) is 3.73. The minimum atomic E-state index is 0.0359. The minimum absolute atomic E-state index is 0.0359. The first-order valence-corrected chi connectivity index (χ1v) is 9.13. The summed E-state index contributed by atoms with van der Waals surface area (Å²) in [5.41, 5.74) is 7.02. The lowest BCUT2D eigenvalue weighted by atomic mass is 9.95. The Bertz CT molecular complexity index is 599. The van der Waals surface area contributed by atoms with Gasteiger partial charge < -0.3 is 20.4 Å². The Morgan fingerprint density at radius 3 is 2.32 bits per heavy atom. The molecule has 0 bridgehead atoms. The second-order valence-corrected chi connectivity index (χ2v) is 7.22. The second-order valence-electron chi connectivity index (χ2n) is 7.22. The lowest BCUT2D eigenvalue weighted by Gasteiger charge is -2.35. The number of benzene rings is 1. The van der Waals surface area contributed by atoms with Crippen LogP contribution in [0.15, 0.2) is 30.3 Å². The summed E-state index contributed by atoms with van der Waals surface area (Å²) in [6.45, 7) is 3.35. The van der Waals surface area contributed by atoms with Gasteiger partial charge in [0, 0.05) is 51.7 Å². The number of carbonyl (C=O) groups excluding carboxylic acids is 2. The third-order valence-electron chi connectivity index (χ3n) is 5.24. The molecule has 25 heavy (non-hydrogen) atoms. The van der Waals surface area contributed by atoms with Crippen molar-refractivity contribution in [2.24, 2.45) is 11.7 Å². The number of likely N-dealkylation sites (tertiary alicyclic amines) is 2. The molecule has 1 atom stereocenters. The van der Waals surface area contributed by atoms with E-state index >= 15 is 0 Å². The zero-order valence-corrected chi connectivity index (χ0v) is 14.9. The van der Waals surface area contributed by atoms with Crippen LogP contribution in [-0.2, 0) is 11.3 Å². The Kier molecular flexibility index (Phi) is 5.58. The molecule has 0 radical (unpaired) electrons. The molecule has 3 amide bonds. The Morgan fingerprint density at radius 2 is 1.72 bits per heavy atom. The van der Waals surface area contributed by atoms with Crippen LogP contribution in [0.4, 0.5) is 4.79 Å². The van der Waals surface area contributed by atoms with E-state index in [1.165, 1.54) is 0 Å². The molecule has 6 heteroatoms. The topological polar surface area (TPSA) is 69.9 Å². The van der Waals surface area contributed by atoms with Crippen LogP contribution in [0.2, 0.25) is 0 Å². The van der Waals surface area contributed by atoms with Crippen LogP contribution in [-0.4, -0.2) is 65.9 Å². The van der Waals surface area contributed by atoms with Crippen molar-refractivity contribution in [2.75, 3.05) is 33.2 Å². The second kappa shape index (κ2) is 7.87. The van der Waals surface area contributed by atoms with Crippen molar-refractivity contribution < 1.29 is 9.59 Å². The van der Waals surface area contributed by atoms with E-state index in [0.29, 0.717) is 26.2 Å². The highest BCUT2D eigenvalue weighted by Crippen LogP contribution is 2.22. The summed E-state index contributed by atoms with van der Waals surface area (Å²) in [5.74, 6) is 0.256. The van der Waals surface area contributed by atoms with Gasteiger partial charge in [-0.25, -0.2) is 4.79 Å². The number of urea groups is 1. The molecule has 2 aliphatic rings. The van der Waals surface area contributed by atoms with Gasteiger partial charge in [0.15, 0.2) is 0 Å². The van der Waals surface area contributed by atoms with E-state index in [0.717, 1.165) is 31.4 Å². The molecule has 0 saturated carbocycles. The quantitative estimate of drug-likeness (QED) is 0.904. The molecule has 3 rings (SSSR count). The van der Waals surface area contributed by atoms with Crippen molar-refractivity contribution in [2.45, 2.75) is 31.8 Å². The van der Waals surface area contributed by atoms with Crippen LogP contribution >= 0.6 is 0 Å². The molecule has 0 aliphatic carbocycles. The standard InChI is InChI=1S/C19H28N4O2/c1-21(13-15-5-3-2-4-6-15)19(25)22-10-7-16(8-11-22)18(24)23-12-9-17(20)14-23/h2-6,16-17H,7-14,20H2,1H3/t17-/m1/s1. The maximum Gasteiger partial charge on any atom is 0.320 e.